The lowest BCUT2D eigenvalue weighted by atomic mass is 9.86. The summed E-state index contributed by atoms with van der Waals surface area (Å²) in [4.78, 5) is 0. The fourth-order valence-corrected chi connectivity index (χ4v) is 3.22. The third-order valence-electron chi connectivity index (χ3n) is 4.22. The maximum Gasteiger partial charge on any atom is 0.138 e. The van der Waals surface area contributed by atoms with E-state index >= 15 is 0 Å². The Labute approximate surface area is 127 Å². The molecule has 0 spiro atoms. The first-order valence-corrected chi connectivity index (χ1v) is 8.17. The number of nitrogens with two attached hydrogens (primary N) is 1. The molecule has 1 aliphatic rings. The summed E-state index contributed by atoms with van der Waals surface area (Å²) in [5, 5.41) is 0.709. The van der Waals surface area contributed by atoms with Gasteiger partial charge in [-0.25, -0.2) is 0 Å². The van der Waals surface area contributed by atoms with Gasteiger partial charge in [0.05, 0.1) is 11.1 Å². The molecule has 20 heavy (non-hydrogen) atoms. The highest BCUT2D eigenvalue weighted by Gasteiger charge is 2.21. The number of ether oxygens (including phenoxy) is 1. The van der Waals surface area contributed by atoms with Crippen molar-refractivity contribution in [3.05, 3.63) is 28.8 Å². The zero-order valence-corrected chi connectivity index (χ0v) is 13.3. The summed E-state index contributed by atoms with van der Waals surface area (Å²) in [6.45, 7) is 4.28. The Morgan fingerprint density at radius 1 is 1.30 bits per heavy atom. The summed E-state index contributed by atoms with van der Waals surface area (Å²) >= 11 is 6.32. The SMILES string of the molecule is CCC1CCC(Oc2ccc(CC(C)N)cc2Cl)CC1. The summed E-state index contributed by atoms with van der Waals surface area (Å²) in [6.07, 6.45) is 7.33. The normalized spacial score (nSPS) is 24.4. The average Bonchev–Trinajstić information content (AvgIpc) is 2.42. The standard InChI is InChI=1S/C17H26ClNO/c1-3-13-4-7-15(8-5-13)20-17-9-6-14(10-12(2)19)11-16(17)18/h6,9,11-13,15H,3-5,7-8,10,19H2,1-2H3. The van der Waals surface area contributed by atoms with Crippen molar-refractivity contribution in [2.45, 2.75) is 64.5 Å². The van der Waals surface area contributed by atoms with Crippen LogP contribution in [0.4, 0.5) is 0 Å². The summed E-state index contributed by atoms with van der Waals surface area (Å²) in [5.74, 6) is 1.71. The molecule has 1 atom stereocenters. The Bertz CT molecular complexity index is 425. The predicted molar refractivity (Wildman–Crippen MR) is 85.5 cm³/mol. The van der Waals surface area contributed by atoms with Gasteiger partial charge in [-0.05, 0) is 62.6 Å². The second-order valence-corrected chi connectivity index (χ2v) is 6.52. The largest absolute Gasteiger partial charge is 0.489 e. The maximum atomic E-state index is 6.32. The average molecular weight is 296 g/mol. The molecule has 0 radical (unpaired) electrons. The molecule has 1 unspecified atom stereocenters. The first-order chi connectivity index (χ1) is 9.58. The second-order valence-electron chi connectivity index (χ2n) is 6.12. The third-order valence-corrected chi connectivity index (χ3v) is 4.51. The Morgan fingerprint density at radius 3 is 2.55 bits per heavy atom. The molecule has 2 nitrogen and oxygen atoms in total. The van der Waals surface area contributed by atoms with Gasteiger partial charge >= 0.3 is 0 Å². The van der Waals surface area contributed by atoms with Gasteiger partial charge in [-0.3, -0.25) is 0 Å². The molecule has 0 heterocycles. The van der Waals surface area contributed by atoms with Crippen molar-refractivity contribution < 1.29 is 4.74 Å². The summed E-state index contributed by atoms with van der Waals surface area (Å²) in [5.41, 5.74) is 6.99. The Kier molecular flexibility index (Phi) is 5.74. The van der Waals surface area contributed by atoms with E-state index < -0.39 is 0 Å². The molecule has 112 valence electrons. The molecule has 1 aromatic rings. The van der Waals surface area contributed by atoms with E-state index in [2.05, 4.69) is 13.0 Å². The lowest BCUT2D eigenvalue weighted by Crippen LogP contribution is -2.24. The number of benzene rings is 1. The van der Waals surface area contributed by atoms with Crippen molar-refractivity contribution >= 4 is 11.6 Å². The molecule has 1 saturated carbocycles. The Morgan fingerprint density at radius 2 is 2.00 bits per heavy atom. The van der Waals surface area contributed by atoms with Crippen molar-refractivity contribution in [3.63, 3.8) is 0 Å². The Balaban J connectivity index is 1.93. The van der Waals surface area contributed by atoms with Crippen LogP contribution in [0.25, 0.3) is 0 Å². The first-order valence-electron chi connectivity index (χ1n) is 7.79. The van der Waals surface area contributed by atoms with Gasteiger partial charge in [0.25, 0.3) is 0 Å². The Hall–Kier alpha value is -0.730. The maximum absolute atomic E-state index is 6.32. The molecule has 0 aliphatic heterocycles. The van der Waals surface area contributed by atoms with Gasteiger partial charge in [-0.15, -0.1) is 0 Å². The quantitative estimate of drug-likeness (QED) is 0.863. The minimum atomic E-state index is 0.155. The van der Waals surface area contributed by atoms with Crippen molar-refractivity contribution in [3.8, 4) is 5.75 Å². The van der Waals surface area contributed by atoms with Crippen LogP contribution in [0.2, 0.25) is 5.02 Å². The molecule has 1 aromatic carbocycles. The number of rotatable bonds is 5. The van der Waals surface area contributed by atoms with Gasteiger partial charge in [0.2, 0.25) is 0 Å². The molecular formula is C17H26ClNO. The van der Waals surface area contributed by atoms with Crippen LogP contribution in [0.15, 0.2) is 18.2 Å². The van der Waals surface area contributed by atoms with Gasteiger partial charge < -0.3 is 10.5 Å². The lowest BCUT2D eigenvalue weighted by Gasteiger charge is -2.28. The molecule has 2 rings (SSSR count). The molecule has 0 amide bonds. The van der Waals surface area contributed by atoms with Gasteiger partial charge in [-0.1, -0.05) is 31.0 Å². The minimum absolute atomic E-state index is 0.155. The van der Waals surface area contributed by atoms with Crippen LogP contribution in [0, 0.1) is 5.92 Å². The molecule has 3 heteroatoms. The molecule has 2 N–H and O–H groups in total. The van der Waals surface area contributed by atoms with E-state index in [1.807, 2.05) is 19.1 Å². The van der Waals surface area contributed by atoms with Crippen LogP contribution >= 0.6 is 11.6 Å². The number of halogens is 1. The van der Waals surface area contributed by atoms with E-state index in [0.717, 1.165) is 30.9 Å². The molecule has 1 aliphatic carbocycles. The van der Waals surface area contributed by atoms with E-state index in [0.29, 0.717) is 11.1 Å². The highest BCUT2D eigenvalue weighted by atomic mass is 35.5. The van der Waals surface area contributed by atoms with E-state index in [-0.39, 0.29) is 6.04 Å². The highest BCUT2D eigenvalue weighted by molar-refractivity contribution is 6.32. The van der Waals surface area contributed by atoms with Crippen LogP contribution < -0.4 is 10.5 Å². The highest BCUT2D eigenvalue weighted by Crippen LogP contribution is 2.32. The smallest absolute Gasteiger partial charge is 0.138 e. The van der Waals surface area contributed by atoms with Gasteiger partial charge in [0, 0.05) is 6.04 Å². The van der Waals surface area contributed by atoms with Gasteiger partial charge in [-0.2, -0.15) is 0 Å². The van der Waals surface area contributed by atoms with Crippen LogP contribution in [0.1, 0.15) is 51.5 Å². The summed E-state index contributed by atoms with van der Waals surface area (Å²) in [7, 11) is 0. The first kappa shape index (κ1) is 15.7. The van der Waals surface area contributed by atoms with E-state index in [4.69, 9.17) is 22.1 Å². The van der Waals surface area contributed by atoms with Gasteiger partial charge in [0.1, 0.15) is 5.75 Å². The minimum Gasteiger partial charge on any atom is -0.489 e. The van der Waals surface area contributed by atoms with E-state index in [9.17, 15) is 0 Å². The zero-order chi connectivity index (χ0) is 14.5. The molecule has 0 aromatic heterocycles. The number of hydrogen-bond donors (Lipinski definition) is 1. The third kappa shape index (κ3) is 4.39. The number of hydrogen-bond acceptors (Lipinski definition) is 2. The topological polar surface area (TPSA) is 35.2 Å². The van der Waals surface area contributed by atoms with E-state index in [1.165, 1.54) is 24.8 Å². The van der Waals surface area contributed by atoms with Crippen molar-refractivity contribution in [2.24, 2.45) is 11.7 Å². The van der Waals surface area contributed by atoms with Crippen LogP contribution in [-0.2, 0) is 6.42 Å². The van der Waals surface area contributed by atoms with E-state index in [1.54, 1.807) is 0 Å². The zero-order valence-electron chi connectivity index (χ0n) is 12.6. The molecule has 1 fully saturated rings. The second kappa shape index (κ2) is 7.33. The van der Waals surface area contributed by atoms with Crippen molar-refractivity contribution in [2.75, 3.05) is 0 Å². The fourth-order valence-electron chi connectivity index (χ4n) is 2.98. The molecule has 0 saturated heterocycles. The molecule has 0 bridgehead atoms. The van der Waals surface area contributed by atoms with Crippen molar-refractivity contribution in [1.29, 1.82) is 0 Å². The summed E-state index contributed by atoms with van der Waals surface area (Å²) in [6, 6.07) is 6.20. The van der Waals surface area contributed by atoms with Crippen molar-refractivity contribution in [1.82, 2.24) is 0 Å². The predicted octanol–water partition coefficient (Wildman–Crippen LogP) is 4.58. The molecular weight excluding hydrogens is 270 g/mol. The fraction of sp³-hybridized carbons (Fsp3) is 0.647. The monoisotopic (exact) mass is 295 g/mol. The van der Waals surface area contributed by atoms with Crippen LogP contribution in [0.3, 0.4) is 0 Å². The summed E-state index contributed by atoms with van der Waals surface area (Å²) < 4.78 is 6.08. The van der Waals surface area contributed by atoms with Gasteiger partial charge in [0.15, 0.2) is 0 Å². The lowest BCUT2D eigenvalue weighted by molar-refractivity contribution is 0.130. The van der Waals surface area contributed by atoms with Crippen LogP contribution in [0.5, 0.6) is 5.75 Å². The van der Waals surface area contributed by atoms with Crippen LogP contribution in [-0.4, -0.2) is 12.1 Å².